The lowest BCUT2D eigenvalue weighted by molar-refractivity contribution is -0.0512. The summed E-state index contributed by atoms with van der Waals surface area (Å²) in [7, 11) is 0. The molecule has 0 unspecified atom stereocenters. The third kappa shape index (κ3) is 3.99. The van der Waals surface area contributed by atoms with Crippen molar-refractivity contribution in [3.8, 4) is 11.3 Å². The molecule has 2 saturated heterocycles. The quantitative estimate of drug-likeness (QED) is 0.773. The van der Waals surface area contributed by atoms with Crippen molar-refractivity contribution in [3.05, 3.63) is 47.4 Å². The number of fused-ring (bicyclic) bond motifs is 1. The first kappa shape index (κ1) is 22.0. The maximum atomic E-state index is 11.2. The van der Waals surface area contributed by atoms with Crippen LogP contribution < -0.4 is 11.1 Å². The predicted octanol–water partition coefficient (Wildman–Crippen LogP) is 2.76. The van der Waals surface area contributed by atoms with E-state index >= 15 is 0 Å². The Morgan fingerprint density at radius 1 is 1.14 bits per heavy atom. The van der Waals surface area contributed by atoms with E-state index in [0.29, 0.717) is 11.5 Å². The van der Waals surface area contributed by atoms with Crippen molar-refractivity contribution in [3.63, 3.8) is 0 Å². The normalized spacial score (nSPS) is 22.1. The number of nitrogens with two attached hydrogens (primary N) is 1. The number of aromatic nitrogens is 2. The van der Waals surface area contributed by atoms with E-state index in [9.17, 15) is 4.79 Å². The van der Waals surface area contributed by atoms with Gasteiger partial charge in [-0.2, -0.15) is 0 Å². The summed E-state index contributed by atoms with van der Waals surface area (Å²) in [4.78, 5) is 22.3. The van der Waals surface area contributed by atoms with Gasteiger partial charge in [0, 0.05) is 24.7 Å². The highest BCUT2D eigenvalue weighted by atomic mass is 35.5. The average molecular weight is 436 g/mol. The van der Waals surface area contributed by atoms with Crippen LogP contribution in [0.4, 0.5) is 0 Å². The van der Waals surface area contributed by atoms with Crippen molar-refractivity contribution in [2.45, 2.75) is 31.7 Å². The second-order valence-electron chi connectivity index (χ2n) is 8.27. The molecule has 156 valence electrons. The lowest BCUT2D eigenvalue weighted by Gasteiger charge is -2.55. The van der Waals surface area contributed by atoms with E-state index in [1.165, 1.54) is 62.8 Å². The number of benzene rings is 1. The summed E-state index contributed by atoms with van der Waals surface area (Å²) in [6.07, 6.45) is 8.05. The zero-order valence-corrected chi connectivity index (χ0v) is 17.9. The standard InChI is InChI=1S/C21H25N5O.2ClH/c22-20(27)18-11-24-17(10-25-18)15-1-3-16-14(9-15)2-4-19(16)26-12-21(13-26)5-7-23-8-6-21;;/h1,3,9-11,19,23H,2,4-8,12-13H2,(H2,22,27);2*1H/t19-;;/m1../s1. The molecule has 0 saturated carbocycles. The number of hydrogen-bond acceptors (Lipinski definition) is 5. The molecule has 1 aromatic carbocycles. The number of nitrogens with one attached hydrogen (secondary N) is 1. The van der Waals surface area contributed by atoms with Crippen LogP contribution in [0, 0.1) is 5.41 Å². The van der Waals surface area contributed by atoms with Gasteiger partial charge in [-0.15, -0.1) is 24.8 Å². The van der Waals surface area contributed by atoms with Gasteiger partial charge in [-0.3, -0.25) is 14.7 Å². The summed E-state index contributed by atoms with van der Waals surface area (Å²) >= 11 is 0. The van der Waals surface area contributed by atoms with Crippen LogP contribution in [0.1, 0.15) is 46.9 Å². The number of rotatable bonds is 3. The summed E-state index contributed by atoms with van der Waals surface area (Å²) in [5, 5.41) is 3.48. The monoisotopic (exact) mass is 435 g/mol. The lowest BCUT2D eigenvalue weighted by Crippen LogP contribution is -2.60. The molecule has 0 bridgehead atoms. The van der Waals surface area contributed by atoms with Crippen molar-refractivity contribution < 1.29 is 4.79 Å². The minimum atomic E-state index is -0.549. The molecule has 3 heterocycles. The molecule has 3 N–H and O–H groups in total. The van der Waals surface area contributed by atoms with E-state index in [-0.39, 0.29) is 30.5 Å². The smallest absolute Gasteiger partial charge is 0.268 e. The summed E-state index contributed by atoms with van der Waals surface area (Å²) in [5.41, 5.74) is 10.7. The molecule has 8 heteroatoms. The van der Waals surface area contributed by atoms with Crippen molar-refractivity contribution in [2.75, 3.05) is 26.2 Å². The maximum Gasteiger partial charge on any atom is 0.268 e. The van der Waals surface area contributed by atoms with Crippen molar-refractivity contribution in [2.24, 2.45) is 11.1 Å². The summed E-state index contributed by atoms with van der Waals surface area (Å²) in [5.74, 6) is -0.549. The van der Waals surface area contributed by atoms with Gasteiger partial charge in [-0.25, -0.2) is 4.98 Å². The summed E-state index contributed by atoms with van der Waals surface area (Å²) in [6.45, 7) is 4.85. The second-order valence-corrected chi connectivity index (χ2v) is 8.27. The fourth-order valence-corrected chi connectivity index (χ4v) is 5.05. The van der Waals surface area contributed by atoms with Crippen LogP contribution in [-0.4, -0.2) is 47.0 Å². The van der Waals surface area contributed by atoms with Gasteiger partial charge in [0.05, 0.1) is 18.1 Å². The molecular weight excluding hydrogens is 409 g/mol. The topological polar surface area (TPSA) is 84.1 Å². The Hall–Kier alpha value is -1.73. The van der Waals surface area contributed by atoms with Crippen molar-refractivity contribution >= 4 is 30.7 Å². The van der Waals surface area contributed by atoms with Gasteiger partial charge in [0.25, 0.3) is 5.91 Å². The van der Waals surface area contributed by atoms with Gasteiger partial charge in [-0.05, 0) is 61.4 Å². The number of halogens is 2. The number of carbonyl (C=O) groups is 1. The lowest BCUT2D eigenvalue weighted by atomic mass is 9.71. The third-order valence-electron chi connectivity index (χ3n) is 6.57. The van der Waals surface area contributed by atoms with Crippen LogP contribution >= 0.6 is 24.8 Å². The summed E-state index contributed by atoms with van der Waals surface area (Å²) < 4.78 is 0. The molecule has 6 nitrogen and oxygen atoms in total. The highest BCUT2D eigenvalue weighted by Gasteiger charge is 2.46. The molecule has 1 aliphatic carbocycles. The minimum Gasteiger partial charge on any atom is -0.364 e. The van der Waals surface area contributed by atoms with Crippen LogP contribution in [0.5, 0.6) is 0 Å². The molecule has 1 aromatic heterocycles. The first-order valence-electron chi connectivity index (χ1n) is 9.83. The predicted molar refractivity (Wildman–Crippen MR) is 118 cm³/mol. The van der Waals surface area contributed by atoms with Gasteiger partial charge < -0.3 is 11.1 Å². The number of carbonyl (C=O) groups excluding carboxylic acids is 1. The molecule has 2 aliphatic heterocycles. The fourth-order valence-electron chi connectivity index (χ4n) is 5.05. The minimum absolute atomic E-state index is 0. The Morgan fingerprint density at radius 3 is 2.55 bits per heavy atom. The average Bonchev–Trinajstić information content (AvgIpc) is 3.09. The van der Waals surface area contributed by atoms with Crippen molar-refractivity contribution in [1.82, 2.24) is 20.2 Å². The van der Waals surface area contributed by atoms with Crippen LogP contribution in [0.25, 0.3) is 11.3 Å². The summed E-state index contributed by atoms with van der Waals surface area (Å²) in [6, 6.07) is 7.20. The zero-order chi connectivity index (χ0) is 18.4. The molecule has 3 aliphatic rings. The van der Waals surface area contributed by atoms with Crippen molar-refractivity contribution in [1.29, 1.82) is 0 Å². The van der Waals surface area contributed by atoms with Crippen LogP contribution in [0.2, 0.25) is 0 Å². The van der Waals surface area contributed by atoms with Crippen LogP contribution in [0.3, 0.4) is 0 Å². The van der Waals surface area contributed by atoms with E-state index in [0.717, 1.165) is 17.7 Å². The fraction of sp³-hybridized carbons (Fsp3) is 0.476. The van der Waals surface area contributed by atoms with Crippen LogP contribution in [-0.2, 0) is 6.42 Å². The molecule has 1 atom stereocenters. The van der Waals surface area contributed by atoms with E-state index in [1.807, 2.05) is 0 Å². The molecule has 1 amide bonds. The largest absolute Gasteiger partial charge is 0.364 e. The van der Waals surface area contributed by atoms with Gasteiger partial charge in [0.2, 0.25) is 0 Å². The highest BCUT2D eigenvalue weighted by Crippen LogP contribution is 2.47. The number of primary amides is 1. The Balaban J connectivity index is 0.00000120. The van der Waals surface area contributed by atoms with Crippen LogP contribution in [0.15, 0.2) is 30.6 Å². The molecule has 2 aromatic rings. The number of piperidine rings is 1. The van der Waals surface area contributed by atoms with E-state index in [2.05, 4.69) is 38.4 Å². The number of nitrogens with zero attached hydrogens (tertiary/aromatic N) is 3. The number of likely N-dealkylation sites (tertiary alicyclic amines) is 1. The molecule has 1 spiro atoms. The van der Waals surface area contributed by atoms with E-state index < -0.39 is 5.91 Å². The Labute approximate surface area is 183 Å². The van der Waals surface area contributed by atoms with E-state index in [1.54, 1.807) is 6.20 Å². The molecule has 0 radical (unpaired) electrons. The third-order valence-corrected chi connectivity index (χ3v) is 6.57. The SMILES string of the molecule is Cl.Cl.NC(=O)c1cnc(-c2ccc3c(c2)CC[C@H]3N2CC3(CCNCC3)C2)cn1. The Morgan fingerprint density at radius 2 is 1.90 bits per heavy atom. The first-order chi connectivity index (χ1) is 13.1. The molecule has 29 heavy (non-hydrogen) atoms. The number of amides is 1. The highest BCUT2D eigenvalue weighted by molar-refractivity contribution is 5.90. The van der Waals surface area contributed by atoms with Gasteiger partial charge in [-0.1, -0.05) is 12.1 Å². The Kier molecular flexibility index (Phi) is 6.48. The van der Waals surface area contributed by atoms with E-state index in [4.69, 9.17) is 5.73 Å². The second kappa shape index (κ2) is 8.56. The molecule has 2 fully saturated rings. The van der Waals surface area contributed by atoms with Gasteiger partial charge >= 0.3 is 0 Å². The number of hydrogen-bond donors (Lipinski definition) is 2. The van der Waals surface area contributed by atoms with Gasteiger partial charge in [0.15, 0.2) is 0 Å². The first-order valence-corrected chi connectivity index (χ1v) is 9.83. The molecule has 5 rings (SSSR count). The number of aryl methyl sites for hydroxylation is 1. The molecular formula is C21H27Cl2N5O. The maximum absolute atomic E-state index is 11.2. The van der Waals surface area contributed by atoms with Gasteiger partial charge in [0.1, 0.15) is 5.69 Å². The zero-order valence-electron chi connectivity index (χ0n) is 16.3. The Bertz CT molecular complexity index is 875.